The van der Waals surface area contributed by atoms with E-state index < -0.39 is 10.8 Å². The topological polar surface area (TPSA) is 99.0 Å². The second-order valence-corrected chi connectivity index (χ2v) is 8.04. The minimum absolute atomic E-state index is 0.0269. The van der Waals surface area contributed by atoms with Crippen LogP contribution in [0.5, 0.6) is 11.5 Å². The van der Waals surface area contributed by atoms with Crippen LogP contribution >= 0.6 is 11.6 Å². The number of halogens is 1. The van der Waals surface area contributed by atoms with E-state index in [1.807, 2.05) is 6.07 Å². The maximum atomic E-state index is 13.3. The lowest BCUT2D eigenvalue weighted by atomic mass is 9.77. The first kappa shape index (κ1) is 21.8. The van der Waals surface area contributed by atoms with Crippen LogP contribution in [0, 0.1) is 10.1 Å². The summed E-state index contributed by atoms with van der Waals surface area (Å²) in [5.74, 6) is 0.295. The molecule has 1 aliphatic carbocycles. The Morgan fingerprint density at radius 2 is 1.81 bits per heavy atom. The number of allylic oxidation sites excluding steroid dienone is 2. The minimum Gasteiger partial charge on any atom is -0.493 e. The summed E-state index contributed by atoms with van der Waals surface area (Å²) in [5.41, 5.74) is 1.91. The zero-order valence-electron chi connectivity index (χ0n) is 17.6. The number of hydrogen-bond acceptors (Lipinski definition) is 6. The van der Waals surface area contributed by atoms with Crippen LogP contribution < -0.4 is 14.4 Å². The predicted octanol–water partition coefficient (Wildman–Crippen LogP) is 4.79. The van der Waals surface area contributed by atoms with Crippen molar-refractivity contribution in [3.8, 4) is 11.5 Å². The Bertz CT molecular complexity index is 1160. The number of carbonyl (C=O) groups is 2. The second-order valence-electron chi connectivity index (χ2n) is 7.63. The number of anilines is 1. The number of nitro benzene ring substituents is 1. The van der Waals surface area contributed by atoms with Gasteiger partial charge in [-0.1, -0.05) is 17.7 Å². The van der Waals surface area contributed by atoms with Crippen LogP contribution in [-0.2, 0) is 9.59 Å². The van der Waals surface area contributed by atoms with E-state index in [9.17, 15) is 19.7 Å². The van der Waals surface area contributed by atoms with Crippen molar-refractivity contribution in [1.82, 2.24) is 0 Å². The van der Waals surface area contributed by atoms with Gasteiger partial charge in [-0.15, -0.1) is 0 Å². The molecule has 1 aliphatic heterocycles. The Morgan fingerprint density at radius 1 is 1.06 bits per heavy atom. The Morgan fingerprint density at radius 3 is 2.50 bits per heavy atom. The van der Waals surface area contributed by atoms with Crippen molar-refractivity contribution in [3.05, 3.63) is 68.4 Å². The first-order chi connectivity index (χ1) is 15.3. The first-order valence-corrected chi connectivity index (χ1v) is 10.5. The molecule has 0 aromatic heterocycles. The van der Waals surface area contributed by atoms with Gasteiger partial charge in [0.25, 0.3) is 5.69 Å². The number of rotatable bonds is 5. The summed E-state index contributed by atoms with van der Waals surface area (Å²) >= 11 is 6.34. The number of ether oxygens (including phenoxy) is 2. The fraction of sp³-hybridized carbons (Fsp3) is 0.304. The molecule has 2 aromatic rings. The van der Waals surface area contributed by atoms with Gasteiger partial charge in [-0.3, -0.25) is 24.6 Å². The summed E-state index contributed by atoms with van der Waals surface area (Å²) in [7, 11) is 3.06. The molecule has 166 valence electrons. The molecule has 0 fully saturated rings. The molecule has 1 amide bonds. The summed E-state index contributed by atoms with van der Waals surface area (Å²) in [6.07, 6.45) is 1.49. The molecule has 1 heterocycles. The van der Waals surface area contributed by atoms with Crippen molar-refractivity contribution in [3.63, 3.8) is 0 Å². The maximum absolute atomic E-state index is 13.3. The average molecular weight is 457 g/mol. The largest absolute Gasteiger partial charge is 0.493 e. The predicted molar refractivity (Wildman–Crippen MR) is 118 cm³/mol. The molecule has 0 bridgehead atoms. The number of ketones is 1. The molecule has 0 spiro atoms. The third-order valence-electron chi connectivity index (χ3n) is 5.87. The molecule has 0 N–H and O–H groups in total. The number of non-ortho nitro benzene ring substituents is 1. The molecule has 0 saturated carbocycles. The highest BCUT2D eigenvalue weighted by atomic mass is 35.5. The van der Waals surface area contributed by atoms with Gasteiger partial charge in [0.2, 0.25) is 5.91 Å². The lowest BCUT2D eigenvalue weighted by Crippen LogP contribution is -2.40. The van der Waals surface area contributed by atoms with Gasteiger partial charge in [0, 0.05) is 42.2 Å². The lowest BCUT2D eigenvalue weighted by Gasteiger charge is -2.38. The van der Waals surface area contributed by atoms with Crippen molar-refractivity contribution in [2.75, 3.05) is 19.1 Å². The SMILES string of the molecule is COc1ccc(C2CC(=O)N(c3cc([N+](=O)[O-])ccc3Cl)C3=C2C(=O)CCC3)cc1OC. The molecule has 0 saturated heterocycles. The number of amides is 1. The van der Waals surface area contributed by atoms with Crippen LogP contribution in [0.4, 0.5) is 11.4 Å². The average Bonchev–Trinajstić information content (AvgIpc) is 2.78. The zero-order valence-corrected chi connectivity index (χ0v) is 18.3. The summed E-state index contributed by atoms with van der Waals surface area (Å²) in [6.45, 7) is 0. The van der Waals surface area contributed by atoms with E-state index >= 15 is 0 Å². The maximum Gasteiger partial charge on any atom is 0.271 e. The molecule has 9 heteroatoms. The fourth-order valence-electron chi connectivity index (χ4n) is 4.41. The van der Waals surface area contributed by atoms with Crippen LogP contribution in [0.15, 0.2) is 47.7 Å². The van der Waals surface area contributed by atoms with Crippen molar-refractivity contribution in [1.29, 1.82) is 0 Å². The fourth-order valence-corrected chi connectivity index (χ4v) is 4.61. The van der Waals surface area contributed by atoms with E-state index in [0.29, 0.717) is 42.0 Å². The Balaban J connectivity index is 1.87. The molecular weight excluding hydrogens is 436 g/mol. The third kappa shape index (κ3) is 3.71. The quantitative estimate of drug-likeness (QED) is 0.473. The van der Waals surface area contributed by atoms with Crippen molar-refractivity contribution in [2.45, 2.75) is 31.6 Å². The number of benzene rings is 2. The van der Waals surface area contributed by atoms with E-state index in [-0.39, 0.29) is 34.5 Å². The van der Waals surface area contributed by atoms with Crippen molar-refractivity contribution in [2.24, 2.45) is 0 Å². The molecule has 1 atom stereocenters. The molecule has 4 rings (SSSR count). The molecule has 1 unspecified atom stereocenters. The van der Waals surface area contributed by atoms with Crippen LogP contribution in [-0.4, -0.2) is 30.8 Å². The summed E-state index contributed by atoms with van der Waals surface area (Å²) in [4.78, 5) is 38.5. The second kappa shape index (κ2) is 8.63. The number of nitrogens with zero attached hydrogens (tertiary/aromatic N) is 2. The van der Waals surface area contributed by atoms with Crippen LogP contribution in [0.1, 0.15) is 37.2 Å². The van der Waals surface area contributed by atoms with Gasteiger partial charge in [-0.05, 0) is 36.6 Å². The summed E-state index contributed by atoms with van der Waals surface area (Å²) in [5, 5.41) is 11.5. The monoisotopic (exact) mass is 456 g/mol. The minimum atomic E-state index is -0.540. The van der Waals surface area contributed by atoms with E-state index in [2.05, 4.69) is 0 Å². The van der Waals surface area contributed by atoms with E-state index in [0.717, 1.165) is 5.56 Å². The Hall–Kier alpha value is -3.39. The smallest absolute Gasteiger partial charge is 0.271 e. The summed E-state index contributed by atoms with van der Waals surface area (Å²) < 4.78 is 10.7. The molecule has 0 radical (unpaired) electrons. The van der Waals surface area contributed by atoms with Crippen molar-refractivity contribution >= 4 is 34.7 Å². The number of methoxy groups -OCH3 is 2. The summed E-state index contributed by atoms with van der Waals surface area (Å²) in [6, 6.07) is 9.30. The molecular formula is C23H21ClN2O6. The third-order valence-corrected chi connectivity index (χ3v) is 6.19. The number of nitro groups is 1. The van der Waals surface area contributed by atoms with Gasteiger partial charge >= 0.3 is 0 Å². The van der Waals surface area contributed by atoms with Gasteiger partial charge in [-0.2, -0.15) is 0 Å². The highest BCUT2D eigenvalue weighted by Gasteiger charge is 2.40. The number of carbonyl (C=O) groups excluding carboxylic acids is 2. The van der Waals surface area contributed by atoms with Gasteiger partial charge in [0.1, 0.15) is 0 Å². The van der Waals surface area contributed by atoms with Crippen LogP contribution in [0.2, 0.25) is 5.02 Å². The van der Waals surface area contributed by atoms with Gasteiger partial charge in [0.05, 0.1) is 29.9 Å². The zero-order chi connectivity index (χ0) is 23.0. The lowest BCUT2D eigenvalue weighted by molar-refractivity contribution is -0.384. The van der Waals surface area contributed by atoms with Gasteiger partial charge in [0.15, 0.2) is 17.3 Å². The molecule has 2 aromatic carbocycles. The van der Waals surface area contributed by atoms with Gasteiger partial charge < -0.3 is 9.47 Å². The highest BCUT2D eigenvalue weighted by molar-refractivity contribution is 6.34. The standard InChI is InChI=1S/C23H21ClN2O6/c1-31-20-9-6-13(10-21(20)32-2)15-12-22(28)25(17-4-3-5-19(27)23(15)17)18-11-14(26(29)30)7-8-16(18)24/h6-11,15H,3-5,12H2,1-2H3. The first-order valence-electron chi connectivity index (χ1n) is 10.1. The normalized spacial score (nSPS) is 18.5. The van der Waals surface area contributed by atoms with E-state index in [1.54, 1.807) is 12.1 Å². The molecule has 8 nitrogen and oxygen atoms in total. The Kier molecular flexibility index (Phi) is 5.88. The van der Waals surface area contributed by atoms with E-state index in [1.165, 1.54) is 37.3 Å². The number of Topliss-reactive ketones (excluding diaryl/α,β-unsaturated/α-hetero) is 1. The van der Waals surface area contributed by atoms with Crippen LogP contribution in [0.3, 0.4) is 0 Å². The van der Waals surface area contributed by atoms with Gasteiger partial charge in [-0.25, -0.2) is 0 Å². The number of hydrogen-bond donors (Lipinski definition) is 0. The Labute approximate surface area is 189 Å². The van der Waals surface area contributed by atoms with E-state index in [4.69, 9.17) is 21.1 Å². The van der Waals surface area contributed by atoms with Crippen molar-refractivity contribution < 1.29 is 24.0 Å². The molecule has 2 aliphatic rings. The molecule has 32 heavy (non-hydrogen) atoms. The van der Waals surface area contributed by atoms with Crippen LogP contribution in [0.25, 0.3) is 0 Å². The highest BCUT2D eigenvalue weighted by Crippen LogP contribution is 2.46.